The van der Waals surface area contributed by atoms with E-state index in [0.29, 0.717) is 12.0 Å². The molecule has 0 heterocycles. The fraction of sp³-hybridized carbons (Fsp3) is 0.571. The number of rotatable bonds is 7. The van der Waals surface area contributed by atoms with Crippen LogP contribution < -0.4 is 5.32 Å². The van der Waals surface area contributed by atoms with Crippen LogP contribution >= 0.6 is 0 Å². The van der Waals surface area contributed by atoms with Crippen LogP contribution in [-0.2, 0) is 0 Å². The molecule has 0 radical (unpaired) electrons. The topological polar surface area (TPSA) is 52.5 Å². The van der Waals surface area contributed by atoms with Crippen molar-refractivity contribution in [3.8, 4) is 0 Å². The first-order chi connectivity index (χ1) is 8.60. The number of benzene rings is 1. The van der Waals surface area contributed by atoms with Crippen molar-refractivity contribution in [1.82, 2.24) is 5.32 Å². The molecule has 0 aliphatic carbocycles. The average molecular weight is 255 g/mol. The molecule has 4 heteroatoms. The molecule has 2 unspecified atom stereocenters. The molecule has 0 bridgehead atoms. The molecule has 0 aromatic heterocycles. The van der Waals surface area contributed by atoms with Gasteiger partial charge in [0.2, 0.25) is 0 Å². The van der Waals surface area contributed by atoms with Gasteiger partial charge in [0.1, 0.15) is 5.82 Å². The molecule has 1 aromatic rings. The van der Waals surface area contributed by atoms with Crippen molar-refractivity contribution >= 4 is 0 Å². The molecular formula is C14H22FNO2. The minimum Gasteiger partial charge on any atom is -0.396 e. The minimum absolute atomic E-state index is 0.00590. The lowest BCUT2D eigenvalue weighted by atomic mass is 9.99. The number of hydrogen-bond acceptors (Lipinski definition) is 3. The van der Waals surface area contributed by atoms with E-state index < -0.39 is 0 Å². The first kappa shape index (κ1) is 15.1. The van der Waals surface area contributed by atoms with E-state index in [0.717, 1.165) is 0 Å². The van der Waals surface area contributed by atoms with E-state index in [-0.39, 0.29) is 37.0 Å². The summed E-state index contributed by atoms with van der Waals surface area (Å²) in [6, 6.07) is 6.13. The molecule has 3 N–H and O–H groups in total. The predicted octanol–water partition coefficient (Wildman–Crippen LogP) is 1.86. The van der Waals surface area contributed by atoms with Gasteiger partial charge in [-0.25, -0.2) is 4.39 Å². The van der Waals surface area contributed by atoms with Crippen LogP contribution in [0.1, 0.15) is 31.9 Å². The third kappa shape index (κ3) is 4.05. The number of hydrogen-bond donors (Lipinski definition) is 3. The predicted molar refractivity (Wildman–Crippen MR) is 69.7 cm³/mol. The van der Waals surface area contributed by atoms with E-state index in [1.54, 1.807) is 18.2 Å². The highest BCUT2D eigenvalue weighted by Gasteiger charge is 2.20. The van der Waals surface area contributed by atoms with Crippen molar-refractivity contribution in [2.75, 3.05) is 13.2 Å². The van der Waals surface area contributed by atoms with Gasteiger partial charge in [-0.2, -0.15) is 0 Å². The van der Waals surface area contributed by atoms with Crippen LogP contribution in [0.2, 0.25) is 0 Å². The summed E-state index contributed by atoms with van der Waals surface area (Å²) in [7, 11) is 0. The Bertz CT molecular complexity index is 357. The molecule has 2 atom stereocenters. The van der Waals surface area contributed by atoms with Gasteiger partial charge in [0.05, 0.1) is 6.61 Å². The summed E-state index contributed by atoms with van der Waals surface area (Å²) in [4.78, 5) is 0. The molecule has 102 valence electrons. The highest BCUT2D eigenvalue weighted by Crippen LogP contribution is 2.21. The van der Waals surface area contributed by atoms with Crippen LogP contribution in [0.25, 0.3) is 0 Å². The maximum atomic E-state index is 13.7. The molecule has 0 fully saturated rings. The van der Waals surface area contributed by atoms with Crippen molar-refractivity contribution in [2.45, 2.75) is 32.4 Å². The zero-order valence-corrected chi connectivity index (χ0v) is 10.9. The second-order valence-electron chi connectivity index (χ2n) is 4.79. The van der Waals surface area contributed by atoms with Gasteiger partial charge < -0.3 is 15.5 Å². The molecule has 1 rings (SSSR count). The average Bonchev–Trinajstić information content (AvgIpc) is 2.35. The maximum Gasteiger partial charge on any atom is 0.127 e. The highest BCUT2D eigenvalue weighted by atomic mass is 19.1. The Balaban J connectivity index is 2.86. The lowest BCUT2D eigenvalue weighted by Crippen LogP contribution is -2.40. The zero-order valence-electron chi connectivity index (χ0n) is 10.9. The Morgan fingerprint density at radius 1 is 1.22 bits per heavy atom. The van der Waals surface area contributed by atoms with Gasteiger partial charge in [0, 0.05) is 24.3 Å². The lowest BCUT2D eigenvalue weighted by Gasteiger charge is -2.27. The number of aliphatic hydroxyl groups is 2. The molecule has 0 saturated carbocycles. The van der Waals surface area contributed by atoms with E-state index in [1.807, 2.05) is 13.8 Å². The summed E-state index contributed by atoms with van der Waals surface area (Å²) in [5.41, 5.74) is 0.533. The molecule has 0 aliphatic rings. The van der Waals surface area contributed by atoms with Gasteiger partial charge in [0.25, 0.3) is 0 Å². The van der Waals surface area contributed by atoms with E-state index in [4.69, 9.17) is 5.11 Å². The quantitative estimate of drug-likeness (QED) is 0.697. The Hall–Kier alpha value is -0.970. The van der Waals surface area contributed by atoms with Gasteiger partial charge in [-0.15, -0.1) is 0 Å². The van der Waals surface area contributed by atoms with Crippen LogP contribution in [0.3, 0.4) is 0 Å². The monoisotopic (exact) mass is 255 g/mol. The molecule has 0 spiro atoms. The van der Waals surface area contributed by atoms with Crippen LogP contribution in [0.5, 0.6) is 0 Å². The fourth-order valence-electron chi connectivity index (χ4n) is 1.93. The molecule has 0 aliphatic heterocycles. The zero-order chi connectivity index (χ0) is 13.5. The van der Waals surface area contributed by atoms with Crippen LogP contribution in [0.4, 0.5) is 4.39 Å². The fourth-order valence-corrected chi connectivity index (χ4v) is 1.93. The van der Waals surface area contributed by atoms with E-state index >= 15 is 0 Å². The number of nitrogens with one attached hydrogen (secondary N) is 1. The van der Waals surface area contributed by atoms with E-state index in [1.165, 1.54) is 6.07 Å². The first-order valence-electron chi connectivity index (χ1n) is 6.32. The second-order valence-corrected chi connectivity index (χ2v) is 4.79. The molecule has 3 nitrogen and oxygen atoms in total. The Labute approximate surface area is 108 Å². The van der Waals surface area contributed by atoms with Crippen LogP contribution in [0, 0.1) is 11.7 Å². The van der Waals surface area contributed by atoms with Crippen molar-refractivity contribution in [2.24, 2.45) is 5.92 Å². The summed E-state index contributed by atoms with van der Waals surface area (Å²) in [6.45, 7) is 3.95. The number of aliphatic hydroxyl groups excluding tert-OH is 2. The SMILES string of the molecule is CC(C)C(CO)NC(CCO)c1ccccc1F. The van der Waals surface area contributed by atoms with E-state index in [2.05, 4.69) is 5.32 Å². The second kappa shape index (κ2) is 7.46. The Morgan fingerprint density at radius 3 is 2.39 bits per heavy atom. The summed E-state index contributed by atoms with van der Waals surface area (Å²) < 4.78 is 13.7. The molecule has 1 aromatic carbocycles. The van der Waals surface area contributed by atoms with Gasteiger partial charge in [-0.05, 0) is 18.4 Å². The maximum absolute atomic E-state index is 13.7. The first-order valence-corrected chi connectivity index (χ1v) is 6.32. The smallest absolute Gasteiger partial charge is 0.127 e. The van der Waals surface area contributed by atoms with Crippen LogP contribution in [-0.4, -0.2) is 29.5 Å². The van der Waals surface area contributed by atoms with Gasteiger partial charge in [-0.3, -0.25) is 0 Å². The largest absolute Gasteiger partial charge is 0.396 e. The molecular weight excluding hydrogens is 233 g/mol. The minimum atomic E-state index is -0.288. The van der Waals surface area contributed by atoms with Gasteiger partial charge >= 0.3 is 0 Å². The van der Waals surface area contributed by atoms with Crippen molar-refractivity contribution in [3.63, 3.8) is 0 Å². The van der Waals surface area contributed by atoms with Crippen molar-refractivity contribution < 1.29 is 14.6 Å². The summed E-state index contributed by atoms with van der Waals surface area (Å²) in [5, 5.41) is 21.6. The number of halogens is 1. The lowest BCUT2D eigenvalue weighted by molar-refractivity contribution is 0.185. The standard InChI is InChI=1S/C14H22FNO2/c1-10(2)14(9-18)16-13(7-8-17)11-5-3-4-6-12(11)15/h3-6,10,13-14,16-18H,7-9H2,1-2H3. The summed E-state index contributed by atoms with van der Waals surface area (Å²) in [6.07, 6.45) is 0.421. The molecule has 0 amide bonds. The molecule has 18 heavy (non-hydrogen) atoms. The molecule has 0 saturated heterocycles. The van der Waals surface area contributed by atoms with Crippen molar-refractivity contribution in [1.29, 1.82) is 0 Å². The normalized spacial score (nSPS) is 14.8. The van der Waals surface area contributed by atoms with Crippen LogP contribution in [0.15, 0.2) is 24.3 Å². The summed E-state index contributed by atoms with van der Waals surface area (Å²) in [5.74, 6) is -0.0492. The van der Waals surface area contributed by atoms with E-state index in [9.17, 15) is 9.50 Å². The van der Waals surface area contributed by atoms with Gasteiger partial charge in [0.15, 0.2) is 0 Å². The van der Waals surface area contributed by atoms with Crippen molar-refractivity contribution in [3.05, 3.63) is 35.6 Å². The Kier molecular flexibility index (Phi) is 6.25. The van der Waals surface area contributed by atoms with Gasteiger partial charge in [-0.1, -0.05) is 32.0 Å². The Morgan fingerprint density at radius 2 is 1.89 bits per heavy atom. The third-order valence-corrected chi connectivity index (χ3v) is 3.12. The summed E-state index contributed by atoms with van der Waals surface area (Å²) >= 11 is 0. The third-order valence-electron chi connectivity index (χ3n) is 3.12. The highest BCUT2D eigenvalue weighted by molar-refractivity contribution is 5.21.